The number of urea groups is 1. The lowest BCUT2D eigenvalue weighted by Gasteiger charge is -2.35. The molecule has 2 aliphatic heterocycles. The molecule has 2 heterocycles. The molecule has 0 radical (unpaired) electrons. The topological polar surface area (TPSA) is 91.0 Å². The molecule has 32 heavy (non-hydrogen) atoms. The van der Waals surface area contributed by atoms with Crippen molar-refractivity contribution in [3.63, 3.8) is 0 Å². The van der Waals surface area contributed by atoms with Gasteiger partial charge in [-0.3, -0.25) is 14.5 Å². The fourth-order valence-electron chi connectivity index (χ4n) is 5.23. The van der Waals surface area contributed by atoms with Crippen molar-refractivity contribution in [2.75, 3.05) is 31.6 Å². The van der Waals surface area contributed by atoms with E-state index in [0.29, 0.717) is 18.8 Å². The second-order valence-electron chi connectivity index (χ2n) is 9.28. The predicted octanol–water partition coefficient (Wildman–Crippen LogP) is 2.67. The number of methoxy groups -OCH3 is 1. The van der Waals surface area contributed by atoms with Gasteiger partial charge in [-0.15, -0.1) is 0 Å². The Hall–Kier alpha value is -2.77. The third-order valence-corrected chi connectivity index (χ3v) is 7.38. The predicted molar refractivity (Wildman–Crippen MR) is 122 cm³/mol. The number of amides is 4. The summed E-state index contributed by atoms with van der Waals surface area (Å²) in [5.41, 5.74) is 0.338. The minimum absolute atomic E-state index is 0.0479. The number of nitrogens with zero attached hydrogens (tertiary/aromatic N) is 2. The molecule has 174 valence electrons. The first-order valence-corrected chi connectivity index (χ1v) is 11.8. The number of benzene rings is 1. The van der Waals surface area contributed by atoms with Crippen LogP contribution in [0.15, 0.2) is 24.3 Å². The van der Waals surface area contributed by atoms with Crippen molar-refractivity contribution in [1.82, 2.24) is 15.5 Å². The van der Waals surface area contributed by atoms with Crippen molar-refractivity contribution in [2.24, 2.45) is 5.92 Å². The van der Waals surface area contributed by atoms with Crippen LogP contribution in [0.2, 0.25) is 0 Å². The molecular weight excluding hydrogens is 408 g/mol. The Morgan fingerprint density at radius 1 is 1.12 bits per heavy atom. The monoisotopic (exact) mass is 442 g/mol. The summed E-state index contributed by atoms with van der Waals surface area (Å²) < 4.78 is 5.21. The van der Waals surface area contributed by atoms with Crippen molar-refractivity contribution in [1.29, 1.82) is 0 Å². The standard InChI is InChI=1S/C24H34N4O4/c1-3-17-8-12-24(13-9-17)22(30)28(23(31)26-24)16-21(29)25-18-10-14-27(15-11-18)19-4-6-20(32-2)7-5-19/h4-7,17-18H,3,8-16H2,1-2H3,(H,25,29)(H,26,31). The first kappa shape index (κ1) is 22.4. The van der Waals surface area contributed by atoms with Crippen LogP contribution in [-0.4, -0.2) is 61.1 Å². The highest BCUT2D eigenvalue weighted by Gasteiger charge is 2.52. The highest BCUT2D eigenvalue weighted by Crippen LogP contribution is 2.37. The van der Waals surface area contributed by atoms with Gasteiger partial charge in [0, 0.05) is 24.8 Å². The molecule has 0 bridgehead atoms. The lowest BCUT2D eigenvalue weighted by atomic mass is 9.75. The van der Waals surface area contributed by atoms with Gasteiger partial charge >= 0.3 is 6.03 Å². The quantitative estimate of drug-likeness (QED) is 0.661. The highest BCUT2D eigenvalue weighted by atomic mass is 16.5. The van der Waals surface area contributed by atoms with Crippen LogP contribution in [0, 0.1) is 5.92 Å². The molecule has 0 atom stereocenters. The van der Waals surface area contributed by atoms with E-state index in [1.54, 1.807) is 7.11 Å². The fourth-order valence-corrected chi connectivity index (χ4v) is 5.23. The van der Waals surface area contributed by atoms with E-state index in [4.69, 9.17) is 4.74 Å². The van der Waals surface area contributed by atoms with Crippen molar-refractivity contribution < 1.29 is 19.1 Å². The van der Waals surface area contributed by atoms with Crippen LogP contribution >= 0.6 is 0 Å². The van der Waals surface area contributed by atoms with Gasteiger partial charge in [0.15, 0.2) is 0 Å². The minimum Gasteiger partial charge on any atom is -0.497 e. The zero-order valence-electron chi connectivity index (χ0n) is 19.1. The fraction of sp³-hybridized carbons (Fsp3) is 0.625. The second kappa shape index (κ2) is 9.38. The van der Waals surface area contributed by atoms with Gasteiger partial charge in [-0.05, 0) is 68.7 Å². The Morgan fingerprint density at radius 2 is 1.78 bits per heavy atom. The van der Waals surface area contributed by atoms with Gasteiger partial charge < -0.3 is 20.3 Å². The highest BCUT2D eigenvalue weighted by molar-refractivity contribution is 6.09. The third-order valence-electron chi connectivity index (χ3n) is 7.38. The number of anilines is 1. The summed E-state index contributed by atoms with van der Waals surface area (Å²) >= 11 is 0. The zero-order chi connectivity index (χ0) is 22.7. The summed E-state index contributed by atoms with van der Waals surface area (Å²) in [6.07, 6.45) is 5.95. The number of carbonyl (C=O) groups excluding carboxylic acids is 3. The molecule has 4 rings (SSSR count). The van der Waals surface area contributed by atoms with Crippen molar-refractivity contribution in [3.8, 4) is 5.75 Å². The average Bonchev–Trinajstić information content (AvgIpc) is 3.04. The summed E-state index contributed by atoms with van der Waals surface area (Å²) in [6, 6.07) is 7.59. The molecule has 8 heteroatoms. The number of nitrogens with one attached hydrogen (secondary N) is 2. The van der Waals surface area contributed by atoms with Crippen LogP contribution in [0.3, 0.4) is 0 Å². The maximum Gasteiger partial charge on any atom is 0.325 e. The van der Waals surface area contributed by atoms with Crippen LogP contribution in [0.5, 0.6) is 5.75 Å². The average molecular weight is 443 g/mol. The molecule has 2 N–H and O–H groups in total. The van der Waals surface area contributed by atoms with Gasteiger partial charge in [0.05, 0.1) is 7.11 Å². The Labute approximate surface area is 189 Å². The van der Waals surface area contributed by atoms with E-state index in [-0.39, 0.29) is 24.4 Å². The van der Waals surface area contributed by atoms with Crippen LogP contribution in [0.25, 0.3) is 0 Å². The maximum absolute atomic E-state index is 13.0. The Morgan fingerprint density at radius 3 is 2.38 bits per heavy atom. The van der Waals surface area contributed by atoms with Gasteiger partial charge in [-0.25, -0.2) is 4.79 Å². The largest absolute Gasteiger partial charge is 0.497 e. The van der Waals surface area contributed by atoms with Crippen molar-refractivity contribution >= 4 is 23.5 Å². The number of hydrogen-bond acceptors (Lipinski definition) is 5. The number of piperidine rings is 1. The SMILES string of the molecule is CCC1CCC2(CC1)NC(=O)N(CC(=O)NC1CCN(c3ccc(OC)cc3)CC1)C2=O. The molecule has 8 nitrogen and oxygen atoms in total. The van der Waals surface area contributed by atoms with Crippen molar-refractivity contribution in [3.05, 3.63) is 24.3 Å². The molecule has 0 aromatic heterocycles. The molecule has 3 fully saturated rings. The van der Waals surface area contributed by atoms with Crippen LogP contribution in [0.1, 0.15) is 51.9 Å². The van der Waals surface area contributed by atoms with Gasteiger partial charge in [-0.1, -0.05) is 13.3 Å². The molecule has 1 aromatic rings. The number of ether oxygens (including phenoxy) is 1. The van der Waals surface area contributed by atoms with Gasteiger partial charge in [0.2, 0.25) is 5.91 Å². The van der Waals surface area contributed by atoms with Crippen molar-refractivity contribution in [2.45, 2.75) is 63.5 Å². The van der Waals surface area contributed by atoms with Gasteiger partial charge in [0.1, 0.15) is 17.8 Å². The lowest BCUT2D eigenvalue weighted by Crippen LogP contribution is -2.51. The maximum atomic E-state index is 13.0. The molecule has 1 saturated carbocycles. The van der Waals surface area contributed by atoms with Gasteiger partial charge in [-0.2, -0.15) is 0 Å². The van der Waals surface area contributed by atoms with E-state index in [2.05, 4.69) is 22.5 Å². The molecule has 1 spiro atoms. The number of carbonyl (C=O) groups is 3. The number of hydrogen-bond donors (Lipinski definition) is 2. The third kappa shape index (κ3) is 4.54. The number of imide groups is 1. The van der Waals surface area contributed by atoms with Gasteiger partial charge in [0.25, 0.3) is 5.91 Å². The van der Waals surface area contributed by atoms with Crippen LogP contribution in [0.4, 0.5) is 10.5 Å². The summed E-state index contributed by atoms with van der Waals surface area (Å²) in [5, 5.41) is 5.92. The van der Waals surface area contributed by atoms with E-state index >= 15 is 0 Å². The van der Waals surface area contributed by atoms with Crippen LogP contribution < -0.4 is 20.3 Å². The molecule has 3 aliphatic rings. The molecular formula is C24H34N4O4. The Bertz CT molecular complexity index is 840. The lowest BCUT2D eigenvalue weighted by molar-refractivity contribution is -0.136. The first-order valence-electron chi connectivity index (χ1n) is 11.8. The van der Waals surface area contributed by atoms with E-state index < -0.39 is 11.6 Å². The molecule has 2 saturated heterocycles. The first-order chi connectivity index (χ1) is 15.4. The second-order valence-corrected chi connectivity index (χ2v) is 9.28. The summed E-state index contributed by atoms with van der Waals surface area (Å²) in [5.74, 6) is 0.945. The Balaban J connectivity index is 1.26. The summed E-state index contributed by atoms with van der Waals surface area (Å²) in [4.78, 5) is 41.5. The Kier molecular flexibility index (Phi) is 6.58. The molecule has 4 amide bonds. The smallest absolute Gasteiger partial charge is 0.325 e. The molecule has 1 aliphatic carbocycles. The van der Waals surface area contributed by atoms with E-state index in [9.17, 15) is 14.4 Å². The summed E-state index contributed by atoms with van der Waals surface area (Å²) in [7, 11) is 1.65. The molecule has 0 unspecified atom stereocenters. The van der Waals surface area contributed by atoms with E-state index in [1.807, 2.05) is 24.3 Å². The van der Waals surface area contributed by atoms with E-state index in [0.717, 1.165) is 61.5 Å². The summed E-state index contributed by atoms with van der Waals surface area (Å²) in [6.45, 7) is 3.63. The normalized spacial score (nSPS) is 26.4. The van der Waals surface area contributed by atoms with Crippen LogP contribution in [-0.2, 0) is 9.59 Å². The molecule has 1 aromatic carbocycles. The zero-order valence-corrected chi connectivity index (χ0v) is 19.1. The number of rotatable bonds is 6. The van der Waals surface area contributed by atoms with E-state index in [1.165, 1.54) is 0 Å². The minimum atomic E-state index is -0.799.